The summed E-state index contributed by atoms with van der Waals surface area (Å²) in [6, 6.07) is -0.628. The maximum atomic E-state index is 11.3. The Kier molecular flexibility index (Phi) is 2.80. The van der Waals surface area contributed by atoms with Crippen molar-refractivity contribution in [2.24, 2.45) is 5.73 Å². The zero-order valence-electron chi connectivity index (χ0n) is 7.52. The van der Waals surface area contributed by atoms with Crippen molar-refractivity contribution in [2.75, 3.05) is 13.6 Å². The molecule has 0 aromatic carbocycles. The molecule has 1 aliphatic rings. The molecule has 1 rings (SSSR count). The van der Waals surface area contributed by atoms with Crippen molar-refractivity contribution in [3.8, 4) is 0 Å². The highest BCUT2D eigenvalue weighted by Gasteiger charge is 2.41. The average molecular weight is 215 g/mol. The summed E-state index contributed by atoms with van der Waals surface area (Å²) in [6.45, 7) is 0.0586. The highest BCUT2D eigenvalue weighted by molar-refractivity contribution is 7.80. The van der Waals surface area contributed by atoms with Gasteiger partial charge in [0.25, 0.3) is 0 Å². The number of rotatable bonds is 3. The minimum atomic E-state index is -0.825. The standard InChI is InChI=1S/C7H9N3O3S/c1-9-5(11)6(12)10(7(9)13)3-2-4(8)14/h2-3H2,1H3,(H2,8,14). The zero-order chi connectivity index (χ0) is 10.9. The molecule has 6 nitrogen and oxygen atoms in total. The second-order valence-corrected chi connectivity index (χ2v) is 3.34. The molecule has 1 fully saturated rings. The number of hydrogen-bond donors (Lipinski definition) is 1. The molecule has 0 aromatic heterocycles. The number of imide groups is 2. The highest BCUT2D eigenvalue weighted by Crippen LogP contribution is 2.09. The molecule has 76 valence electrons. The molecule has 0 saturated carbocycles. The Labute approximate surface area is 85.6 Å². The summed E-state index contributed by atoms with van der Waals surface area (Å²) >= 11 is 4.60. The van der Waals surface area contributed by atoms with Crippen molar-refractivity contribution in [1.82, 2.24) is 9.80 Å². The fraction of sp³-hybridized carbons (Fsp3) is 0.429. The molecule has 14 heavy (non-hydrogen) atoms. The fourth-order valence-electron chi connectivity index (χ4n) is 1.03. The van der Waals surface area contributed by atoms with Crippen LogP contribution in [0.3, 0.4) is 0 Å². The van der Waals surface area contributed by atoms with E-state index in [1.165, 1.54) is 7.05 Å². The lowest BCUT2D eigenvalue weighted by molar-refractivity contribution is -0.142. The second-order valence-electron chi connectivity index (χ2n) is 2.82. The number of amides is 4. The largest absolute Gasteiger partial charge is 0.393 e. The van der Waals surface area contributed by atoms with E-state index in [1.807, 2.05) is 0 Å². The molecular formula is C7H9N3O3S. The first-order valence-electron chi connectivity index (χ1n) is 3.87. The number of carbonyl (C=O) groups is 3. The van der Waals surface area contributed by atoms with E-state index in [0.29, 0.717) is 0 Å². The quantitative estimate of drug-likeness (QED) is 0.374. The van der Waals surface area contributed by atoms with Crippen molar-refractivity contribution in [2.45, 2.75) is 6.42 Å². The lowest BCUT2D eigenvalue weighted by Crippen LogP contribution is -2.34. The lowest BCUT2D eigenvalue weighted by Gasteiger charge is -2.11. The minimum absolute atomic E-state index is 0.0586. The average Bonchev–Trinajstić information content (AvgIpc) is 2.29. The van der Waals surface area contributed by atoms with Gasteiger partial charge in [0.15, 0.2) is 0 Å². The Bertz CT molecular complexity index is 328. The molecule has 4 amide bonds. The van der Waals surface area contributed by atoms with Gasteiger partial charge in [0.05, 0.1) is 4.99 Å². The van der Waals surface area contributed by atoms with Crippen molar-refractivity contribution in [3.63, 3.8) is 0 Å². The Balaban J connectivity index is 2.71. The molecule has 0 spiro atoms. The van der Waals surface area contributed by atoms with Crippen LogP contribution in [0, 0.1) is 0 Å². The van der Waals surface area contributed by atoms with Crippen LogP contribution in [0.25, 0.3) is 0 Å². The van der Waals surface area contributed by atoms with E-state index < -0.39 is 17.8 Å². The summed E-state index contributed by atoms with van der Waals surface area (Å²) in [5.74, 6) is -1.65. The Morgan fingerprint density at radius 1 is 1.36 bits per heavy atom. The second kappa shape index (κ2) is 3.70. The molecule has 0 bridgehead atoms. The van der Waals surface area contributed by atoms with Crippen LogP contribution in [-0.2, 0) is 9.59 Å². The predicted octanol–water partition coefficient (Wildman–Crippen LogP) is -0.917. The predicted molar refractivity (Wildman–Crippen MR) is 51.3 cm³/mol. The van der Waals surface area contributed by atoms with Gasteiger partial charge in [-0.25, -0.2) is 4.79 Å². The van der Waals surface area contributed by atoms with Crippen LogP contribution in [0.4, 0.5) is 4.79 Å². The summed E-state index contributed by atoms with van der Waals surface area (Å²) in [7, 11) is 1.25. The van der Waals surface area contributed by atoms with Gasteiger partial charge < -0.3 is 5.73 Å². The van der Waals surface area contributed by atoms with Crippen molar-refractivity contribution >= 4 is 35.1 Å². The molecule has 0 radical (unpaired) electrons. The van der Waals surface area contributed by atoms with Crippen LogP contribution in [-0.4, -0.2) is 46.2 Å². The summed E-state index contributed by atoms with van der Waals surface area (Å²) in [4.78, 5) is 35.3. The van der Waals surface area contributed by atoms with Crippen LogP contribution >= 0.6 is 12.2 Å². The molecule has 1 saturated heterocycles. The molecule has 0 aliphatic carbocycles. The number of nitrogens with two attached hydrogens (primary N) is 1. The van der Waals surface area contributed by atoms with E-state index in [9.17, 15) is 14.4 Å². The summed E-state index contributed by atoms with van der Waals surface area (Å²) in [5, 5.41) is 0. The number of hydrogen-bond acceptors (Lipinski definition) is 4. The molecule has 7 heteroatoms. The topological polar surface area (TPSA) is 83.7 Å². The first kappa shape index (κ1) is 10.6. The van der Waals surface area contributed by atoms with Gasteiger partial charge in [-0.15, -0.1) is 0 Å². The summed E-state index contributed by atoms with van der Waals surface area (Å²) < 4.78 is 0. The Hall–Kier alpha value is -1.50. The normalized spacial score (nSPS) is 16.8. The summed E-state index contributed by atoms with van der Waals surface area (Å²) in [6.07, 6.45) is 0.230. The van der Waals surface area contributed by atoms with E-state index in [1.54, 1.807) is 0 Å². The van der Waals surface area contributed by atoms with Gasteiger partial charge in [-0.2, -0.15) is 0 Å². The van der Waals surface area contributed by atoms with Gasteiger partial charge in [-0.05, 0) is 0 Å². The van der Waals surface area contributed by atoms with E-state index in [0.717, 1.165) is 9.80 Å². The van der Waals surface area contributed by atoms with E-state index in [2.05, 4.69) is 12.2 Å². The van der Waals surface area contributed by atoms with Crippen molar-refractivity contribution in [1.29, 1.82) is 0 Å². The van der Waals surface area contributed by atoms with Crippen LogP contribution < -0.4 is 5.73 Å². The van der Waals surface area contributed by atoms with Gasteiger partial charge in [0.1, 0.15) is 0 Å². The lowest BCUT2D eigenvalue weighted by atomic mass is 10.4. The van der Waals surface area contributed by atoms with E-state index >= 15 is 0 Å². The van der Waals surface area contributed by atoms with Crippen molar-refractivity contribution in [3.05, 3.63) is 0 Å². The third kappa shape index (κ3) is 1.72. The maximum absolute atomic E-state index is 11.3. The molecule has 2 N–H and O–H groups in total. The monoisotopic (exact) mass is 215 g/mol. The van der Waals surface area contributed by atoms with Crippen LogP contribution in [0.2, 0.25) is 0 Å². The minimum Gasteiger partial charge on any atom is -0.393 e. The van der Waals surface area contributed by atoms with Gasteiger partial charge in [-0.1, -0.05) is 12.2 Å². The number of thiocarbonyl (C=S) groups is 1. The Morgan fingerprint density at radius 2 is 1.93 bits per heavy atom. The van der Waals surface area contributed by atoms with E-state index in [-0.39, 0.29) is 18.0 Å². The maximum Gasteiger partial charge on any atom is 0.333 e. The highest BCUT2D eigenvalue weighted by atomic mass is 32.1. The number of likely N-dealkylation sites (N-methyl/N-ethyl adjacent to an activating group) is 1. The third-order valence-electron chi connectivity index (χ3n) is 1.83. The number of carbonyl (C=O) groups excluding carboxylic acids is 3. The number of urea groups is 1. The molecule has 0 unspecified atom stereocenters. The first-order valence-corrected chi connectivity index (χ1v) is 4.27. The summed E-state index contributed by atoms with van der Waals surface area (Å²) in [5.41, 5.74) is 5.21. The third-order valence-corrected chi connectivity index (χ3v) is 2.04. The van der Waals surface area contributed by atoms with Crippen molar-refractivity contribution < 1.29 is 14.4 Å². The van der Waals surface area contributed by atoms with Gasteiger partial charge in [0, 0.05) is 20.0 Å². The van der Waals surface area contributed by atoms with Crippen LogP contribution in [0.15, 0.2) is 0 Å². The number of nitrogens with zero attached hydrogens (tertiary/aromatic N) is 2. The van der Waals surface area contributed by atoms with Gasteiger partial charge in [-0.3, -0.25) is 19.4 Å². The Morgan fingerprint density at radius 3 is 2.29 bits per heavy atom. The molecule has 1 heterocycles. The van der Waals surface area contributed by atoms with Gasteiger partial charge >= 0.3 is 17.8 Å². The van der Waals surface area contributed by atoms with Gasteiger partial charge in [0.2, 0.25) is 0 Å². The molecule has 0 atom stereocenters. The fourth-order valence-corrected chi connectivity index (χ4v) is 1.12. The SMILES string of the molecule is CN1C(=O)C(=O)N(CCC(N)=S)C1=O. The first-order chi connectivity index (χ1) is 6.45. The molecule has 0 aromatic rings. The zero-order valence-corrected chi connectivity index (χ0v) is 8.34. The van der Waals surface area contributed by atoms with E-state index in [4.69, 9.17) is 5.73 Å². The molecule has 1 aliphatic heterocycles. The van der Waals surface area contributed by atoms with Crippen LogP contribution in [0.1, 0.15) is 6.42 Å². The van der Waals surface area contributed by atoms with Crippen LogP contribution in [0.5, 0.6) is 0 Å². The smallest absolute Gasteiger partial charge is 0.333 e. The molecular weight excluding hydrogens is 206 g/mol.